The van der Waals surface area contributed by atoms with Crippen molar-refractivity contribution >= 4 is 17.5 Å². The van der Waals surface area contributed by atoms with E-state index < -0.39 is 5.92 Å². The summed E-state index contributed by atoms with van der Waals surface area (Å²) < 4.78 is 0. The zero-order valence-corrected chi connectivity index (χ0v) is 15.1. The van der Waals surface area contributed by atoms with Gasteiger partial charge in [0.2, 0.25) is 11.8 Å². The van der Waals surface area contributed by atoms with Crippen molar-refractivity contribution in [1.29, 1.82) is 0 Å². The molecule has 0 radical (unpaired) electrons. The van der Waals surface area contributed by atoms with E-state index in [4.69, 9.17) is 5.11 Å². The van der Waals surface area contributed by atoms with E-state index in [0.717, 1.165) is 16.8 Å². The van der Waals surface area contributed by atoms with Gasteiger partial charge in [-0.05, 0) is 55.4 Å². The van der Waals surface area contributed by atoms with Crippen LogP contribution in [0.2, 0.25) is 0 Å². The standard InChI is InChI=1S/C19H28N2O3/c1-13-9-14(2)11-15(10-13)21-7-5-16(18(21)24)17(23)20-12-19(3,4)6-8-22/h9-11,16,22H,5-8,12H2,1-4H3,(H,20,23). The highest BCUT2D eigenvalue weighted by atomic mass is 16.3. The lowest BCUT2D eigenvalue weighted by Gasteiger charge is -2.24. The van der Waals surface area contributed by atoms with E-state index in [1.807, 2.05) is 39.8 Å². The van der Waals surface area contributed by atoms with Crippen LogP contribution in [-0.2, 0) is 9.59 Å². The summed E-state index contributed by atoms with van der Waals surface area (Å²) in [6.07, 6.45) is 1.15. The lowest BCUT2D eigenvalue weighted by atomic mass is 9.89. The van der Waals surface area contributed by atoms with E-state index in [1.54, 1.807) is 4.90 Å². The predicted molar refractivity (Wildman–Crippen MR) is 94.9 cm³/mol. The third-order valence-electron chi connectivity index (χ3n) is 4.57. The van der Waals surface area contributed by atoms with E-state index in [0.29, 0.717) is 25.9 Å². The Hall–Kier alpha value is -1.88. The zero-order chi connectivity index (χ0) is 17.9. The van der Waals surface area contributed by atoms with Crippen molar-refractivity contribution in [2.75, 3.05) is 24.6 Å². The number of aliphatic hydroxyl groups is 1. The summed E-state index contributed by atoms with van der Waals surface area (Å²) in [5.41, 5.74) is 2.90. The molecular weight excluding hydrogens is 304 g/mol. The van der Waals surface area contributed by atoms with E-state index in [9.17, 15) is 9.59 Å². The minimum Gasteiger partial charge on any atom is -0.396 e. The van der Waals surface area contributed by atoms with Crippen molar-refractivity contribution < 1.29 is 14.7 Å². The Labute approximate surface area is 144 Å². The number of hydrogen-bond donors (Lipinski definition) is 2. The fourth-order valence-corrected chi connectivity index (χ4v) is 3.13. The van der Waals surface area contributed by atoms with Crippen LogP contribution in [0.25, 0.3) is 0 Å². The van der Waals surface area contributed by atoms with Crippen LogP contribution in [0.4, 0.5) is 5.69 Å². The molecule has 5 nitrogen and oxygen atoms in total. The number of nitrogens with one attached hydrogen (secondary N) is 1. The second kappa shape index (κ2) is 7.34. The van der Waals surface area contributed by atoms with Gasteiger partial charge in [0.1, 0.15) is 5.92 Å². The summed E-state index contributed by atoms with van der Waals surface area (Å²) in [5.74, 6) is -0.953. The van der Waals surface area contributed by atoms with Crippen LogP contribution in [0, 0.1) is 25.2 Å². The molecule has 0 aliphatic carbocycles. The van der Waals surface area contributed by atoms with E-state index >= 15 is 0 Å². The SMILES string of the molecule is Cc1cc(C)cc(N2CCC(C(=O)NCC(C)(C)CCO)C2=O)c1. The van der Waals surface area contributed by atoms with Crippen molar-refractivity contribution in [1.82, 2.24) is 5.32 Å². The van der Waals surface area contributed by atoms with Crippen LogP contribution in [0.3, 0.4) is 0 Å². The number of amides is 2. The van der Waals surface area contributed by atoms with E-state index in [1.165, 1.54) is 0 Å². The van der Waals surface area contributed by atoms with Gasteiger partial charge in [0.05, 0.1) is 0 Å². The third kappa shape index (κ3) is 4.35. The van der Waals surface area contributed by atoms with E-state index in [-0.39, 0.29) is 23.8 Å². The maximum atomic E-state index is 12.6. The molecule has 1 saturated heterocycles. The first kappa shape index (κ1) is 18.5. The van der Waals surface area contributed by atoms with Gasteiger partial charge < -0.3 is 15.3 Å². The number of rotatable bonds is 6. The van der Waals surface area contributed by atoms with Gasteiger partial charge >= 0.3 is 0 Å². The van der Waals surface area contributed by atoms with Gasteiger partial charge in [0.15, 0.2) is 0 Å². The van der Waals surface area contributed by atoms with Crippen LogP contribution in [0.1, 0.15) is 37.8 Å². The molecule has 132 valence electrons. The molecule has 1 atom stereocenters. The fourth-order valence-electron chi connectivity index (χ4n) is 3.13. The number of carbonyl (C=O) groups excluding carboxylic acids is 2. The van der Waals surface area contributed by atoms with Gasteiger partial charge in [-0.2, -0.15) is 0 Å². The lowest BCUT2D eigenvalue weighted by molar-refractivity contribution is -0.132. The molecule has 1 fully saturated rings. The second-order valence-corrected chi connectivity index (χ2v) is 7.53. The number of benzene rings is 1. The molecule has 0 saturated carbocycles. The molecular formula is C19H28N2O3. The van der Waals surface area contributed by atoms with Crippen molar-refractivity contribution in [2.45, 2.75) is 40.5 Å². The Morgan fingerprint density at radius 3 is 2.50 bits per heavy atom. The van der Waals surface area contributed by atoms with Crippen molar-refractivity contribution in [2.24, 2.45) is 11.3 Å². The molecule has 0 aromatic heterocycles. The molecule has 2 N–H and O–H groups in total. The van der Waals surface area contributed by atoms with Crippen LogP contribution < -0.4 is 10.2 Å². The predicted octanol–water partition coefficient (Wildman–Crippen LogP) is 2.18. The molecule has 24 heavy (non-hydrogen) atoms. The highest BCUT2D eigenvalue weighted by Crippen LogP contribution is 2.27. The molecule has 1 aliphatic rings. The van der Waals surface area contributed by atoms with Gasteiger partial charge in [-0.1, -0.05) is 19.9 Å². The highest BCUT2D eigenvalue weighted by Gasteiger charge is 2.38. The van der Waals surface area contributed by atoms with Crippen LogP contribution >= 0.6 is 0 Å². The first-order valence-corrected chi connectivity index (χ1v) is 8.52. The normalized spacial score (nSPS) is 18.1. The van der Waals surface area contributed by atoms with Crippen LogP contribution in [-0.4, -0.2) is 36.6 Å². The summed E-state index contributed by atoms with van der Waals surface area (Å²) >= 11 is 0. The molecule has 0 spiro atoms. The van der Waals surface area contributed by atoms with Gasteiger partial charge in [-0.3, -0.25) is 9.59 Å². The first-order chi connectivity index (χ1) is 11.2. The summed E-state index contributed by atoms with van der Waals surface area (Å²) in [4.78, 5) is 26.8. The Kier molecular flexibility index (Phi) is 5.65. The number of hydrogen-bond acceptors (Lipinski definition) is 3. The second-order valence-electron chi connectivity index (χ2n) is 7.53. The Bertz CT molecular complexity index is 605. The molecule has 1 heterocycles. The molecule has 1 aromatic carbocycles. The summed E-state index contributed by atoms with van der Waals surface area (Å²) in [5, 5.41) is 11.9. The Morgan fingerprint density at radius 2 is 1.92 bits per heavy atom. The lowest BCUT2D eigenvalue weighted by Crippen LogP contribution is -2.41. The first-order valence-electron chi connectivity index (χ1n) is 8.52. The van der Waals surface area contributed by atoms with Crippen molar-refractivity contribution in [3.8, 4) is 0 Å². The molecule has 1 aliphatic heterocycles. The monoisotopic (exact) mass is 332 g/mol. The Balaban J connectivity index is 2.01. The maximum absolute atomic E-state index is 12.6. The fraction of sp³-hybridized carbons (Fsp3) is 0.579. The summed E-state index contributed by atoms with van der Waals surface area (Å²) in [7, 11) is 0. The topological polar surface area (TPSA) is 69.6 Å². The number of carbonyl (C=O) groups is 2. The number of anilines is 1. The molecule has 1 unspecified atom stereocenters. The van der Waals surface area contributed by atoms with Gasteiger partial charge in [0, 0.05) is 25.4 Å². The van der Waals surface area contributed by atoms with Gasteiger partial charge in [-0.15, -0.1) is 0 Å². The van der Waals surface area contributed by atoms with Crippen LogP contribution in [0.5, 0.6) is 0 Å². The van der Waals surface area contributed by atoms with Crippen molar-refractivity contribution in [3.63, 3.8) is 0 Å². The summed E-state index contributed by atoms with van der Waals surface area (Å²) in [6.45, 7) is 9.10. The number of aryl methyl sites for hydroxylation is 2. The minimum atomic E-state index is -0.615. The molecule has 2 amide bonds. The highest BCUT2D eigenvalue weighted by molar-refractivity contribution is 6.09. The molecule has 5 heteroatoms. The largest absolute Gasteiger partial charge is 0.396 e. The van der Waals surface area contributed by atoms with Crippen LogP contribution in [0.15, 0.2) is 18.2 Å². The van der Waals surface area contributed by atoms with E-state index in [2.05, 4.69) is 11.4 Å². The maximum Gasteiger partial charge on any atom is 0.239 e. The average Bonchev–Trinajstić information content (AvgIpc) is 2.85. The number of nitrogens with zero attached hydrogens (tertiary/aromatic N) is 1. The summed E-state index contributed by atoms with van der Waals surface area (Å²) in [6, 6.07) is 6.03. The zero-order valence-electron chi connectivity index (χ0n) is 15.1. The average molecular weight is 332 g/mol. The molecule has 1 aromatic rings. The van der Waals surface area contributed by atoms with Gasteiger partial charge in [-0.25, -0.2) is 0 Å². The third-order valence-corrected chi connectivity index (χ3v) is 4.57. The number of aliphatic hydroxyl groups excluding tert-OH is 1. The van der Waals surface area contributed by atoms with Gasteiger partial charge in [0.25, 0.3) is 0 Å². The molecule has 2 rings (SSSR count). The quantitative estimate of drug-likeness (QED) is 0.785. The van der Waals surface area contributed by atoms with Crippen molar-refractivity contribution in [3.05, 3.63) is 29.3 Å². The Morgan fingerprint density at radius 1 is 1.29 bits per heavy atom. The minimum absolute atomic E-state index is 0.0890. The molecule has 0 bridgehead atoms. The smallest absolute Gasteiger partial charge is 0.239 e.